The van der Waals surface area contributed by atoms with Crippen LogP contribution in [0.1, 0.15) is 24.2 Å². The molecule has 18 heavy (non-hydrogen) atoms. The maximum atomic E-state index is 13.6. The molecular weight excluding hydrogens is 251 g/mol. The van der Waals surface area contributed by atoms with E-state index in [0.717, 1.165) is 44.7 Å². The number of halogens is 2. The van der Waals surface area contributed by atoms with Crippen molar-refractivity contribution in [2.24, 2.45) is 0 Å². The van der Waals surface area contributed by atoms with Crippen LogP contribution < -0.4 is 5.32 Å². The summed E-state index contributed by atoms with van der Waals surface area (Å²) in [6.45, 7) is 6.75. The fourth-order valence-electron chi connectivity index (χ4n) is 2.46. The van der Waals surface area contributed by atoms with Crippen LogP contribution in [0.2, 0.25) is 5.02 Å². The number of rotatable bonds is 4. The first kappa shape index (κ1) is 13.8. The van der Waals surface area contributed by atoms with Gasteiger partial charge in [0.2, 0.25) is 0 Å². The Hall–Kier alpha value is -0.640. The first-order valence-corrected chi connectivity index (χ1v) is 6.90. The lowest BCUT2D eigenvalue weighted by molar-refractivity contribution is 0.243. The average Bonchev–Trinajstić information content (AvgIpc) is 2.37. The number of nitrogens with zero attached hydrogens (tertiary/aromatic N) is 1. The van der Waals surface area contributed by atoms with Gasteiger partial charge in [-0.05, 0) is 25.0 Å². The van der Waals surface area contributed by atoms with Crippen LogP contribution in [0.5, 0.6) is 0 Å². The lowest BCUT2D eigenvalue weighted by atomic mass is 10.0. The van der Waals surface area contributed by atoms with Crippen LogP contribution in [-0.4, -0.2) is 37.6 Å². The summed E-state index contributed by atoms with van der Waals surface area (Å²) in [5.41, 5.74) is 1.70. The maximum Gasteiger partial charge on any atom is 0.124 e. The molecule has 1 heterocycles. The zero-order valence-electron chi connectivity index (χ0n) is 10.8. The number of benzene rings is 1. The molecule has 1 aromatic rings. The van der Waals surface area contributed by atoms with E-state index in [4.69, 9.17) is 11.6 Å². The second kappa shape index (κ2) is 6.50. The van der Waals surface area contributed by atoms with E-state index in [-0.39, 0.29) is 0 Å². The summed E-state index contributed by atoms with van der Waals surface area (Å²) < 4.78 is 13.6. The number of hydrogen-bond donors (Lipinski definition) is 1. The van der Waals surface area contributed by atoms with Crippen LogP contribution in [0, 0.1) is 0 Å². The minimum absolute atomic E-state index is 0.544. The second-order valence-corrected chi connectivity index (χ2v) is 5.18. The molecule has 0 radical (unpaired) electrons. The smallest absolute Gasteiger partial charge is 0.124 e. The van der Waals surface area contributed by atoms with Crippen molar-refractivity contribution in [3.8, 4) is 0 Å². The Morgan fingerprint density at radius 2 is 2.11 bits per heavy atom. The Morgan fingerprint density at radius 3 is 2.78 bits per heavy atom. The highest BCUT2D eigenvalue weighted by atomic mass is 35.5. The summed E-state index contributed by atoms with van der Waals surface area (Å²) in [6, 6.07) is 5.65. The van der Waals surface area contributed by atoms with Gasteiger partial charge in [0.15, 0.2) is 0 Å². The van der Waals surface area contributed by atoms with Crippen molar-refractivity contribution in [2.45, 2.75) is 19.5 Å². The summed E-state index contributed by atoms with van der Waals surface area (Å²) in [5, 5.41) is 3.87. The van der Waals surface area contributed by atoms with Crippen molar-refractivity contribution in [1.29, 1.82) is 0 Å². The Morgan fingerprint density at radius 1 is 1.39 bits per heavy atom. The highest BCUT2D eigenvalue weighted by Crippen LogP contribution is 2.29. The molecule has 0 saturated carbocycles. The topological polar surface area (TPSA) is 15.3 Å². The molecule has 2 rings (SSSR count). The number of nitrogens with one attached hydrogen (secondary N) is 1. The van der Waals surface area contributed by atoms with E-state index in [1.807, 2.05) is 12.1 Å². The van der Waals surface area contributed by atoms with E-state index >= 15 is 0 Å². The summed E-state index contributed by atoms with van der Waals surface area (Å²) in [4.78, 5) is 2.41. The SMILES string of the molecule is CC(F)c1c(Cl)cccc1CCN1CCNCC1. The minimum atomic E-state index is -1.00. The largest absolute Gasteiger partial charge is 0.314 e. The molecule has 1 unspecified atom stereocenters. The molecule has 1 aliphatic heterocycles. The second-order valence-electron chi connectivity index (χ2n) is 4.77. The van der Waals surface area contributed by atoms with Gasteiger partial charge in [0, 0.05) is 43.3 Å². The van der Waals surface area contributed by atoms with Crippen LogP contribution in [0.3, 0.4) is 0 Å². The van der Waals surface area contributed by atoms with Gasteiger partial charge in [-0.25, -0.2) is 4.39 Å². The molecule has 1 atom stereocenters. The molecule has 1 aliphatic rings. The molecule has 1 saturated heterocycles. The molecule has 1 fully saturated rings. The zero-order chi connectivity index (χ0) is 13.0. The average molecular weight is 271 g/mol. The quantitative estimate of drug-likeness (QED) is 0.905. The normalized spacial score (nSPS) is 18.8. The van der Waals surface area contributed by atoms with Gasteiger partial charge in [0.1, 0.15) is 6.17 Å². The lowest BCUT2D eigenvalue weighted by Crippen LogP contribution is -2.44. The van der Waals surface area contributed by atoms with Crippen molar-refractivity contribution >= 4 is 11.6 Å². The molecule has 1 N–H and O–H groups in total. The van der Waals surface area contributed by atoms with Crippen LogP contribution in [0.4, 0.5) is 4.39 Å². The summed E-state index contributed by atoms with van der Waals surface area (Å²) in [5.74, 6) is 0. The summed E-state index contributed by atoms with van der Waals surface area (Å²) >= 11 is 6.08. The van der Waals surface area contributed by atoms with Crippen LogP contribution in [-0.2, 0) is 6.42 Å². The van der Waals surface area contributed by atoms with Gasteiger partial charge in [0.05, 0.1) is 0 Å². The zero-order valence-corrected chi connectivity index (χ0v) is 11.5. The molecule has 0 bridgehead atoms. The number of piperazine rings is 1. The van der Waals surface area contributed by atoms with Gasteiger partial charge >= 0.3 is 0 Å². The first-order valence-electron chi connectivity index (χ1n) is 6.53. The Labute approximate surface area is 113 Å². The number of hydrogen-bond acceptors (Lipinski definition) is 2. The van der Waals surface area contributed by atoms with Gasteiger partial charge < -0.3 is 10.2 Å². The van der Waals surface area contributed by atoms with Gasteiger partial charge in [0.25, 0.3) is 0 Å². The van der Waals surface area contributed by atoms with E-state index in [9.17, 15) is 4.39 Å². The fourth-order valence-corrected chi connectivity index (χ4v) is 2.80. The van der Waals surface area contributed by atoms with Crippen molar-refractivity contribution in [3.05, 3.63) is 34.3 Å². The third-order valence-electron chi connectivity index (χ3n) is 3.45. The third kappa shape index (κ3) is 3.44. The van der Waals surface area contributed by atoms with Gasteiger partial charge in [-0.3, -0.25) is 0 Å². The Kier molecular flexibility index (Phi) is 4.98. The minimum Gasteiger partial charge on any atom is -0.314 e. The van der Waals surface area contributed by atoms with Crippen LogP contribution in [0.15, 0.2) is 18.2 Å². The van der Waals surface area contributed by atoms with Crippen molar-refractivity contribution < 1.29 is 4.39 Å². The van der Waals surface area contributed by atoms with Crippen LogP contribution in [0.25, 0.3) is 0 Å². The highest BCUT2D eigenvalue weighted by Gasteiger charge is 2.15. The highest BCUT2D eigenvalue weighted by molar-refractivity contribution is 6.31. The van der Waals surface area contributed by atoms with E-state index < -0.39 is 6.17 Å². The third-order valence-corrected chi connectivity index (χ3v) is 3.78. The van der Waals surface area contributed by atoms with Gasteiger partial charge in [-0.1, -0.05) is 23.7 Å². The molecule has 100 valence electrons. The summed E-state index contributed by atoms with van der Waals surface area (Å²) in [6.07, 6.45) is -0.138. The Balaban J connectivity index is 2.02. The predicted octanol–water partition coefficient (Wildman–Crippen LogP) is 2.82. The lowest BCUT2D eigenvalue weighted by Gasteiger charge is -2.27. The van der Waals surface area contributed by atoms with Crippen molar-refractivity contribution in [1.82, 2.24) is 10.2 Å². The monoisotopic (exact) mass is 270 g/mol. The molecule has 0 aliphatic carbocycles. The van der Waals surface area contributed by atoms with E-state index in [0.29, 0.717) is 10.6 Å². The van der Waals surface area contributed by atoms with Gasteiger partial charge in [-0.2, -0.15) is 0 Å². The van der Waals surface area contributed by atoms with E-state index in [1.165, 1.54) is 0 Å². The van der Waals surface area contributed by atoms with Crippen molar-refractivity contribution in [2.75, 3.05) is 32.7 Å². The Bertz CT molecular complexity index is 389. The maximum absolute atomic E-state index is 13.6. The van der Waals surface area contributed by atoms with E-state index in [1.54, 1.807) is 13.0 Å². The fraction of sp³-hybridized carbons (Fsp3) is 0.571. The van der Waals surface area contributed by atoms with E-state index in [2.05, 4.69) is 10.2 Å². The standard InChI is InChI=1S/C14H20ClFN2/c1-11(16)14-12(3-2-4-13(14)15)5-8-18-9-6-17-7-10-18/h2-4,11,17H,5-10H2,1H3. The van der Waals surface area contributed by atoms with Crippen LogP contribution >= 0.6 is 11.6 Å². The summed E-state index contributed by atoms with van der Waals surface area (Å²) in [7, 11) is 0. The van der Waals surface area contributed by atoms with Crippen molar-refractivity contribution in [3.63, 3.8) is 0 Å². The van der Waals surface area contributed by atoms with Gasteiger partial charge in [-0.15, -0.1) is 0 Å². The number of alkyl halides is 1. The predicted molar refractivity (Wildman–Crippen MR) is 74.0 cm³/mol. The molecular formula is C14H20ClFN2. The molecule has 4 heteroatoms. The molecule has 2 nitrogen and oxygen atoms in total. The first-order chi connectivity index (χ1) is 8.68. The molecule has 0 aromatic heterocycles. The molecule has 0 amide bonds. The molecule has 1 aromatic carbocycles. The molecule has 0 spiro atoms.